The minimum absolute atomic E-state index is 0.174. The van der Waals surface area contributed by atoms with E-state index in [0.717, 1.165) is 19.6 Å². The number of rotatable bonds is 4. The van der Waals surface area contributed by atoms with Crippen LogP contribution in [0.4, 0.5) is 0 Å². The molecule has 0 aromatic carbocycles. The summed E-state index contributed by atoms with van der Waals surface area (Å²) in [6, 6.07) is 0.433. The van der Waals surface area contributed by atoms with Crippen LogP contribution in [0.3, 0.4) is 0 Å². The highest BCUT2D eigenvalue weighted by Gasteiger charge is 2.27. The standard InChI is InChI=1S/C11H22N2OS/c1-5-13(9-6-12-7-9)10(14)8-15-11(2,3)4/h9,12H,5-8H2,1-4H3. The van der Waals surface area contributed by atoms with E-state index >= 15 is 0 Å². The molecule has 1 rings (SSSR count). The quantitative estimate of drug-likeness (QED) is 0.791. The van der Waals surface area contributed by atoms with Crippen LogP contribution in [0.5, 0.6) is 0 Å². The van der Waals surface area contributed by atoms with Gasteiger partial charge in [0.15, 0.2) is 0 Å². The first-order valence-electron chi connectivity index (χ1n) is 5.58. The fourth-order valence-electron chi connectivity index (χ4n) is 1.49. The highest BCUT2D eigenvalue weighted by Crippen LogP contribution is 2.23. The van der Waals surface area contributed by atoms with E-state index in [0.29, 0.717) is 11.8 Å². The van der Waals surface area contributed by atoms with Crippen LogP contribution < -0.4 is 5.32 Å². The topological polar surface area (TPSA) is 32.3 Å². The Morgan fingerprint density at radius 1 is 1.47 bits per heavy atom. The zero-order valence-corrected chi connectivity index (χ0v) is 11.0. The van der Waals surface area contributed by atoms with Crippen molar-refractivity contribution in [1.82, 2.24) is 10.2 Å². The summed E-state index contributed by atoms with van der Waals surface area (Å²) in [5.74, 6) is 0.886. The molecule has 0 atom stereocenters. The first kappa shape index (κ1) is 12.8. The van der Waals surface area contributed by atoms with Gasteiger partial charge < -0.3 is 10.2 Å². The van der Waals surface area contributed by atoms with Crippen molar-refractivity contribution in [3.8, 4) is 0 Å². The second kappa shape index (κ2) is 5.21. The molecule has 1 fully saturated rings. The van der Waals surface area contributed by atoms with E-state index in [1.54, 1.807) is 11.8 Å². The molecule has 88 valence electrons. The van der Waals surface area contributed by atoms with E-state index in [9.17, 15) is 4.79 Å². The number of hydrogen-bond donors (Lipinski definition) is 1. The van der Waals surface area contributed by atoms with Gasteiger partial charge in [-0.2, -0.15) is 0 Å². The number of nitrogens with zero attached hydrogens (tertiary/aromatic N) is 1. The number of likely N-dealkylation sites (N-methyl/N-ethyl adjacent to an activating group) is 1. The van der Waals surface area contributed by atoms with Crippen molar-refractivity contribution >= 4 is 17.7 Å². The lowest BCUT2D eigenvalue weighted by Gasteiger charge is -2.38. The fourth-order valence-corrected chi connectivity index (χ4v) is 2.22. The summed E-state index contributed by atoms with van der Waals surface area (Å²) in [7, 11) is 0. The molecule has 0 bridgehead atoms. The Morgan fingerprint density at radius 2 is 2.07 bits per heavy atom. The first-order valence-corrected chi connectivity index (χ1v) is 6.56. The first-order chi connectivity index (χ1) is 6.94. The third kappa shape index (κ3) is 4.03. The van der Waals surface area contributed by atoms with E-state index in [1.165, 1.54) is 0 Å². The Labute approximate surface area is 97.0 Å². The van der Waals surface area contributed by atoms with Crippen molar-refractivity contribution in [2.45, 2.75) is 38.5 Å². The van der Waals surface area contributed by atoms with Gasteiger partial charge in [-0.3, -0.25) is 4.79 Å². The maximum absolute atomic E-state index is 11.9. The molecule has 15 heavy (non-hydrogen) atoms. The van der Waals surface area contributed by atoms with E-state index < -0.39 is 0 Å². The Kier molecular flexibility index (Phi) is 4.46. The summed E-state index contributed by atoms with van der Waals surface area (Å²) in [4.78, 5) is 13.9. The van der Waals surface area contributed by atoms with Crippen LogP contribution in [0.2, 0.25) is 0 Å². The molecule has 1 aliphatic heterocycles. The van der Waals surface area contributed by atoms with Gasteiger partial charge in [0, 0.05) is 24.4 Å². The van der Waals surface area contributed by atoms with Gasteiger partial charge in [0.05, 0.1) is 11.8 Å². The van der Waals surface area contributed by atoms with Crippen LogP contribution in [0.25, 0.3) is 0 Å². The summed E-state index contributed by atoms with van der Waals surface area (Å²) in [5, 5.41) is 3.20. The zero-order valence-electron chi connectivity index (χ0n) is 10.2. The Bertz CT molecular complexity index is 221. The van der Waals surface area contributed by atoms with E-state index in [-0.39, 0.29) is 10.7 Å². The number of carbonyl (C=O) groups excluding carboxylic acids is 1. The average Bonchev–Trinajstić information content (AvgIpc) is 2.05. The van der Waals surface area contributed by atoms with Crippen LogP contribution >= 0.6 is 11.8 Å². The van der Waals surface area contributed by atoms with Gasteiger partial charge in [0.2, 0.25) is 5.91 Å². The number of carbonyl (C=O) groups is 1. The highest BCUT2D eigenvalue weighted by atomic mass is 32.2. The lowest BCUT2D eigenvalue weighted by molar-refractivity contribution is -0.131. The van der Waals surface area contributed by atoms with E-state index in [4.69, 9.17) is 0 Å². The fraction of sp³-hybridized carbons (Fsp3) is 0.909. The molecule has 0 aliphatic carbocycles. The van der Waals surface area contributed by atoms with Gasteiger partial charge in [-0.25, -0.2) is 0 Å². The van der Waals surface area contributed by atoms with Crippen molar-refractivity contribution < 1.29 is 4.79 Å². The van der Waals surface area contributed by atoms with Crippen LogP contribution in [0.1, 0.15) is 27.7 Å². The van der Waals surface area contributed by atoms with Crippen molar-refractivity contribution in [2.75, 3.05) is 25.4 Å². The molecule has 1 saturated heterocycles. The van der Waals surface area contributed by atoms with Crippen LogP contribution in [-0.2, 0) is 4.79 Å². The van der Waals surface area contributed by atoms with Crippen molar-refractivity contribution in [3.05, 3.63) is 0 Å². The maximum atomic E-state index is 11.9. The summed E-state index contributed by atoms with van der Waals surface area (Å²) in [6.07, 6.45) is 0. The molecule has 0 saturated carbocycles. The Hall–Kier alpha value is -0.220. The van der Waals surface area contributed by atoms with Gasteiger partial charge in [-0.15, -0.1) is 11.8 Å². The lowest BCUT2D eigenvalue weighted by atomic mass is 10.1. The summed E-state index contributed by atoms with van der Waals surface area (Å²) < 4.78 is 0.174. The number of thioether (sulfide) groups is 1. The average molecular weight is 230 g/mol. The van der Waals surface area contributed by atoms with Crippen molar-refractivity contribution in [2.24, 2.45) is 0 Å². The summed E-state index contributed by atoms with van der Waals surface area (Å²) in [5.41, 5.74) is 0. The maximum Gasteiger partial charge on any atom is 0.232 e. The Morgan fingerprint density at radius 3 is 2.40 bits per heavy atom. The number of hydrogen-bond acceptors (Lipinski definition) is 3. The molecular weight excluding hydrogens is 208 g/mol. The monoisotopic (exact) mass is 230 g/mol. The normalized spacial score (nSPS) is 17.3. The second-order valence-corrected chi connectivity index (χ2v) is 6.69. The van der Waals surface area contributed by atoms with E-state index in [2.05, 4.69) is 33.0 Å². The molecule has 0 radical (unpaired) electrons. The smallest absolute Gasteiger partial charge is 0.232 e. The molecule has 0 spiro atoms. The van der Waals surface area contributed by atoms with E-state index in [1.807, 2.05) is 4.90 Å². The predicted octanol–water partition coefficient (Wildman–Crippen LogP) is 1.34. The molecule has 4 heteroatoms. The zero-order chi connectivity index (χ0) is 11.5. The lowest BCUT2D eigenvalue weighted by Crippen LogP contribution is -2.59. The van der Waals surface area contributed by atoms with Gasteiger partial charge in [-0.05, 0) is 6.92 Å². The van der Waals surface area contributed by atoms with Gasteiger partial charge in [0.1, 0.15) is 0 Å². The minimum atomic E-state index is 0.174. The molecule has 3 nitrogen and oxygen atoms in total. The molecule has 0 unspecified atom stereocenters. The summed E-state index contributed by atoms with van der Waals surface area (Å²) >= 11 is 1.73. The molecule has 1 N–H and O–H groups in total. The molecule has 1 amide bonds. The largest absolute Gasteiger partial charge is 0.337 e. The number of nitrogens with one attached hydrogen (secondary N) is 1. The molecule has 1 aliphatic rings. The second-order valence-electron chi connectivity index (χ2n) is 4.89. The molecule has 0 aromatic rings. The van der Waals surface area contributed by atoms with Gasteiger partial charge >= 0.3 is 0 Å². The molecular formula is C11H22N2OS. The molecule has 1 heterocycles. The van der Waals surface area contributed by atoms with Crippen molar-refractivity contribution in [3.63, 3.8) is 0 Å². The predicted molar refractivity (Wildman–Crippen MR) is 66.3 cm³/mol. The highest BCUT2D eigenvalue weighted by molar-refractivity contribution is 8.01. The van der Waals surface area contributed by atoms with Crippen LogP contribution in [0, 0.1) is 0 Å². The Balaban J connectivity index is 2.36. The summed E-state index contributed by atoms with van der Waals surface area (Å²) in [6.45, 7) is 11.2. The SMILES string of the molecule is CCN(C(=O)CSC(C)(C)C)C1CNC1. The van der Waals surface area contributed by atoms with Crippen LogP contribution in [0.15, 0.2) is 0 Å². The van der Waals surface area contributed by atoms with Crippen molar-refractivity contribution in [1.29, 1.82) is 0 Å². The minimum Gasteiger partial charge on any atom is -0.337 e. The van der Waals surface area contributed by atoms with Crippen LogP contribution in [-0.4, -0.2) is 47.0 Å². The molecule has 0 aromatic heterocycles. The third-order valence-electron chi connectivity index (χ3n) is 2.49. The number of amides is 1. The third-order valence-corrected chi connectivity index (χ3v) is 3.75. The van der Waals surface area contributed by atoms with Gasteiger partial charge in [0.25, 0.3) is 0 Å². The van der Waals surface area contributed by atoms with Gasteiger partial charge in [-0.1, -0.05) is 20.8 Å².